The topological polar surface area (TPSA) is 9.23 Å². The van der Waals surface area contributed by atoms with Crippen LogP contribution in [0.4, 0.5) is 0 Å². The maximum atomic E-state index is 5.36. The molecule has 0 saturated heterocycles. The van der Waals surface area contributed by atoms with Crippen molar-refractivity contribution in [3.8, 4) is 5.75 Å². The van der Waals surface area contributed by atoms with Gasteiger partial charge in [-0.3, -0.25) is 0 Å². The zero-order valence-electron chi connectivity index (χ0n) is 12.2. The highest BCUT2D eigenvalue weighted by molar-refractivity contribution is 6.14. The molecule has 0 aliphatic heterocycles. The molecule has 21 heavy (non-hydrogen) atoms. The molecule has 0 unspecified atom stereocenters. The Hall–Kier alpha value is -2.54. The maximum Gasteiger partial charge on any atom is 0.119 e. The van der Waals surface area contributed by atoms with E-state index in [4.69, 9.17) is 4.74 Å². The van der Waals surface area contributed by atoms with Gasteiger partial charge in [0.2, 0.25) is 0 Å². The molecule has 0 fully saturated rings. The number of fused-ring (bicyclic) bond motifs is 4. The predicted octanol–water partition coefficient (Wildman–Crippen LogP) is 5.46. The fourth-order valence-corrected chi connectivity index (χ4v) is 3.19. The molecule has 0 atom stereocenters. The van der Waals surface area contributed by atoms with E-state index in [-0.39, 0.29) is 0 Å². The van der Waals surface area contributed by atoms with Gasteiger partial charge in [0.05, 0.1) is 7.11 Å². The van der Waals surface area contributed by atoms with Crippen LogP contribution in [0.15, 0.2) is 60.7 Å². The SMILES string of the molecule is COc1ccc2cc3c(ccc4ccccc43)c(C)c2c1. The molecular formula is C20H16O. The van der Waals surface area contributed by atoms with Crippen molar-refractivity contribution in [2.75, 3.05) is 7.11 Å². The third kappa shape index (κ3) is 1.78. The van der Waals surface area contributed by atoms with Crippen LogP contribution in [0.3, 0.4) is 0 Å². The summed E-state index contributed by atoms with van der Waals surface area (Å²) in [4.78, 5) is 0. The van der Waals surface area contributed by atoms with Crippen LogP contribution in [0.25, 0.3) is 32.3 Å². The van der Waals surface area contributed by atoms with Crippen molar-refractivity contribution in [2.45, 2.75) is 6.92 Å². The summed E-state index contributed by atoms with van der Waals surface area (Å²) in [5.74, 6) is 0.908. The first-order valence-electron chi connectivity index (χ1n) is 7.17. The fraction of sp³-hybridized carbons (Fsp3) is 0.100. The molecule has 0 amide bonds. The Labute approximate surface area is 123 Å². The van der Waals surface area contributed by atoms with Crippen molar-refractivity contribution in [1.82, 2.24) is 0 Å². The van der Waals surface area contributed by atoms with Crippen molar-refractivity contribution >= 4 is 32.3 Å². The fourth-order valence-electron chi connectivity index (χ4n) is 3.19. The monoisotopic (exact) mass is 272 g/mol. The lowest BCUT2D eigenvalue weighted by Gasteiger charge is -2.11. The highest BCUT2D eigenvalue weighted by Gasteiger charge is 2.07. The molecule has 0 aliphatic rings. The summed E-state index contributed by atoms with van der Waals surface area (Å²) in [5.41, 5.74) is 1.31. The summed E-state index contributed by atoms with van der Waals surface area (Å²) in [6.07, 6.45) is 0. The zero-order valence-corrected chi connectivity index (χ0v) is 12.2. The zero-order chi connectivity index (χ0) is 14.4. The van der Waals surface area contributed by atoms with Gasteiger partial charge in [0, 0.05) is 0 Å². The molecule has 0 heterocycles. The third-order valence-electron chi connectivity index (χ3n) is 4.34. The number of hydrogen-bond acceptors (Lipinski definition) is 1. The average Bonchev–Trinajstić information content (AvgIpc) is 2.54. The first kappa shape index (κ1) is 12.2. The summed E-state index contributed by atoms with van der Waals surface area (Å²) in [5, 5.41) is 7.76. The largest absolute Gasteiger partial charge is 0.497 e. The Morgan fingerprint density at radius 1 is 0.667 bits per heavy atom. The van der Waals surface area contributed by atoms with E-state index in [1.807, 2.05) is 6.07 Å². The minimum absolute atomic E-state index is 0.908. The number of hydrogen-bond donors (Lipinski definition) is 0. The molecule has 0 saturated carbocycles. The smallest absolute Gasteiger partial charge is 0.119 e. The highest BCUT2D eigenvalue weighted by atomic mass is 16.5. The first-order valence-corrected chi connectivity index (χ1v) is 7.17. The summed E-state index contributed by atoms with van der Waals surface area (Å²) in [6.45, 7) is 2.19. The van der Waals surface area contributed by atoms with E-state index in [9.17, 15) is 0 Å². The Morgan fingerprint density at radius 2 is 1.48 bits per heavy atom. The molecular weight excluding hydrogens is 256 g/mol. The Balaban J connectivity index is 2.21. The number of rotatable bonds is 1. The first-order chi connectivity index (χ1) is 10.3. The Morgan fingerprint density at radius 3 is 2.33 bits per heavy atom. The second-order valence-corrected chi connectivity index (χ2v) is 5.47. The van der Waals surface area contributed by atoms with Crippen molar-refractivity contribution < 1.29 is 4.74 Å². The van der Waals surface area contributed by atoms with Gasteiger partial charge in [-0.1, -0.05) is 42.5 Å². The highest BCUT2D eigenvalue weighted by Crippen LogP contribution is 2.34. The van der Waals surface area contributed by atoms with E-state index in [2.05, 4.69) is 61.5 Å². The molecule has 4 aromatic carbocycles. The van der Waals surface area contributed by atoms with Gasteiger partial charge in [-0.05, 0) is 63.0 Å². The van der Waals surface area contributed by atoms with Crippen LogP contribution in [0.1, 0.15) is 5.56 Å². The van der Waals surface area contributed by atoms with Crippen molar-refractivity contribution in [1.29, 1.82) is 0 Å². The van der Waals surface area contributed by atoms with Crippen molar-refractivity contribution in [2.24, 2.45) is 0 Å². The van der Waals surface area contributed by atoms with Crippen LogP contribution in [-0.2, 0) is 0 Å². The quantitative estimate of drug-likeness (QED) is 0.330. The lowest BCUT2D eigenvalue weighted by molar-refractivity contribution is 0.415. The van der Waals surface area contributed by atoms with Crippen molar-refractivity contribution in [3.63, 3.8) is 0 Å². The Kier molecular flexibility index (Phi) is 2.61. The van der Waals surface area contributed by atoms with E-state index in [0.717, 1.165) is 5.75 Å². The number of ether oxygens (including phenoxy) is 1. The maximum absolute atomic E-state index is 5.36. The van der Waals surface area contributed by atoms with Gasteiger partial charge in [0.15, 0.2) is 0 Å². The molecule has 4 aromatic rings. The van der Waals surface area contributed by atoms with Gasteiger partial charge in [-0.15, -0.1) is 0 Å². The summed E-state index contributed by atoms with van der Waals surface area (Å²) in [7, 11) is 1.71. The minimum atomic E-state index is 0.908. The molecule has 0 radical (unpaired) electrons. The van der Waals surface area contributed by atoms with Crippen molar-refractivity contribution in [3.05, 3.63) is 66.2 Å². The Bertz CT molecular complexity index is 983. The lowest BCUT2D eigenvalue weighted by atomic mass is 9.94. The number of aryl methyl sites for hydroxylation is 1. The van der Waals surface area contributed by atoms with E-state index in [0.29, 0.717) is 0 Å². The number of benzene rings is 4. The van der Waals surface area contributed by atoms with Gasteiger partial charge in [0.1, 0.15) is 5.75 Å². The van der Waals surface area contributed by atoms with Crippen LogP contribution in [-0.4, -0.2) is 7.11 Å². The second kappa shape index (κ2) is 4.49. The summed E-state index contributed by atoms with van der Waals surface area (Å²) < 4.78 is 5.36. The molecule has 0 spiro atoms. The normalized spacial score (nSPS) is 11.3. The molecule has 0 aromatic heterocycles. The van der Waals surface area contributed by atoms with Crippen LogP contribution in [0, 0.1) is 6.92 Å². The van der Waals surface area contributed by atoms with E-state index in [1.54, 1.807) is 7.11 Å². The summed E-state index contributed by atoms with van der Waals surface area (Å²) in [6, 6.07) is 21.6. The van der Waals surface area contributed by atoms with E-state index in [1.165, 1.54) is 37.9 Å². The molecule has 0 bridgehead atoms. The molecule has 0 N–H and O–H groups in total. The predicted molar refractivity (Wildman–Crippen MR) is 90.2 cm³/mol. The van der Waals surface area contributed by atoms with Gasteiger partial charge < -0.3 is 4.74 Å². The van der Waals surface area contributed by atoms with Crippen LogP contribution < -0.4 is 4.74 Å². The molecule has 1 heteroatoms. The van der Waals surface area contributed by atoms with Gasteiger partial charge >= 0.3 is 0 Å². The molecule has 1 nitrogen and oxygen atoms in total. The van der Waals surface area contributed by atoms with E-state index < -0.39 is 0 Å². The minimum Gasteiger partial charge on any atom is -0.497 e. The van der Waals surface area contributed by atoms with Gasteiger partial charge in [0.25, 0.3) is 0 Å². The molecule has 0 aliphatic carbocycles. The van der Waals surface area contributed by atoms with Gasteiger partial charge in [-0.2, -0.15) is 0 Å². The molecule has 4 rings (SSSR count). The summed E-state index contributed by atoms with van der Waals surface area (Å²) >= 11 is 0. The van der Waals surface area contributed by atoms with Crippen LogP contribution in [0.5, 0.6) is 5.75 Å². The number of methoxy groups -OCH3 is 1. The molecule has 102 valence electrons. The van der Waals surface area contributed by atoms with Gasteiger partial charge in [-0.25, -0.2) is 0 Å². The third-order valence-corrected chi connectivity index (χ3v) is 4.34. The van der Waals surface area contributed by atoms with E-state index >= 15 is 0 Å². The lowest BCUT2D eigenvalue weighted by Crippen LogP contribution is -1.87. The van der Waals surface area contributed by atoms with Crippen LogP contribution >= 0.6 is 0 Å². The standard InChI is InChI=1S/C20H16O/c1-13-17-10-8-14-5-3-4-6-18(14)20(17)11-15-7-9-16(21-2)12-19(13)15/h3-12H,1-2H3. The average molecular weight is 272 g/mol. The van der Waals surface area contributed by atoms with Crippen LogP contribution in [0.2, 0.25) is 0 Å². The second-order valence-electron chi connectivity index (χ2n) is 5.47.